The van der Waals surface area contributed by atoms with Gasteiger partial charge in [-0.3, -0.25) is 10.6 Å². The van der Waals surface area contributed by atoms with Crippen molar-refractivity contribution in [3.63, 3.8) is 0 Å². The van der Waals surface area contributed by atoms with Crippen molar-refractivity contribution in [1.82, 2.24) is 15.3 Å². The second kappa shape index (κ2) is 5.66. The van der Waals surface area contributed by atoms with Gasteiger partial charge in [0.25, 0.3) is 0 Å². The van der Waals surface area contributed by atoms with E-state index in [0.717, 1.165) is 12.0 Å². The summed E-state index contributed by atoms with van der Waals surface area (Å²) >= 11 is 0. The van der Waals surface area contributed by atoms with Gasteiger partial charge in [0.05, 0.1) is 5.56 Å². The van der Waals surface area contributed by atoms with E-state index in [1.165, 1.54) is 11.9 Å². The summed E-state index contributed by atoms with van der Waals surface area (Å²) in [6.07, 6.45) is 2.87. The van der Waals surface area contributed by atoms with Crippen LogP contribution in [0, 0.1) is 0 Å². The summed E-state index contributed by atoms with van der Waals surface area (Å²) in [5, 5.41) is 5.74. The van der Waals surface area contributed by atoms with Gasteiger partial charge in [0, 0.05) is 12.7 Å². The monoisotopic (exact) mass is 270 g/mol. The molecule has 6 nitrogen and oxygen atoms in total. The van der Waals surface area contributed by atoms with Gasteiger partial charge in [-0.05, 0) is 12.0 Å². The number of carbonyl (C=O) groups excluding carboxylic acids is 1. The molecular weight excluding hydrogens is 256 g/mol. The second-order valence-corrected chi connectivity index (χ2v) is 4.43. The fourth-order valence-corrected chi connectivity index (χ4v) is 2.08. The minimum Gasteiger partial charge on any atom is -0.426 e. The number of hydrogen-bond donors (Lipinski definition) is 2. The van der Waals surface area contributed by atoms with Crippen LogP contribution < -0.4 is 10.6 Å². The van der Waals surface area contributed by atoms with Crippen molar-refractivity contribution in [2.24, 2.45) is 0 Å². The lowest BCUT2D eigenvalue weighted by Gasteiger charge is -2.25. The first-order valence-corrected chi connectivity index (χ1v) is 6.38. The van der Waals surface area contributed by atoms with Crippen LogP contribution in [-0.4, -0.2) is 22.6 Å². The molecule has 0 saturated carbocycles. The molecule has 1 unspecified atom stereocenters. The molecule has 2 aromatic rings. The van der Waals surface area contributed by atoms with E-state index in [0.29, 0.717) is 12.4 Å². The fraction of sp³-hybridized carbons (Fsp3) is 0.214. The molecule has 1 amide bonds. The summed E-state index contributed by atoms with van der Waals surface area (Å²) in [4.78, 5) is 19.4. The molecule has 6 heteroatoms. The average molecular weight is 270 g/mol. The van der Waals surface area contributed by atoms with Gasteiger partial charge in [0.1, 0.15) is 12.1 Å². The van der Waals surface area contributed by atoms with Crippen LogP contribution in [-0.2, 0) is 11.2 Å². The van der Waals surface area contributed by atoms with Crippen LogP contribution in [0.15, 0.2) is 42.9 Å². The van der Waals surface area contributed by atoms with Crippen LogP contribution in [0.3, 0.4) is 0 Å². The van der Waals surface area contributed by atoms with Crippen LogP contribution in [0.2, 0.25) is 0 Å². The maximum atomic E-state index is 11.4. The van der Waals surface area contributed by atoms with E-state index in [9.17, 15) is 4.79 Å². The Morgan fingerprint density at radius 3 is 3.00 bits per heavy atom. The Labute approximate surface area is 116 Å². The van der Waals surface area contributed by atoms with Gasteiger partial charge in [-0.2, -0.15) is 0 Å². The first-order chi connectivity index (χ1) is 9.83. The number of hydrogen-bond acceptors (Lipinski definition) is 5. The smallest absolute Gasteiger partial charge is 0.414 e. The summed E-state index contributed by atoms with van der Waals surface area (Å²) in [6, 6.07) is 10.1. The molecule has 20 heavy (non-hydrogen) atoms. The summed E-state index contributed by atoms with van der Waals surface area (Å²) in [5.74, 6) is 0.494. The SMILES string of the molecule is O=C1Nc2ncncc2C(NCCc2ccccc2)O1. The van der Waals surface area contributed by atoms with E-state index in [1.807, 2.05) is 18.2 Å². The number of fused-ring (bicyclic) bond motifs is 1. The number of ether oxygens (including phenoxy) is 1. The predicted molar refractivity (Wildman–Crippen MR) is 73.0 cm³/mol. The molecule has 0 saturated heterocycles. The number of aromatic nitrogens is 2. The summed E-state index contributed by atoms with van der Waals surface area (Å²) < 4.78 is 5.21. The van der Waals surface area contributed by atoms with E-state index in [1.54, 1.807) is 6.20 Å². The van der Waals surface area contributed by atoms with Crippen LogP contribution >= 0.6 is 0 Å². The minimum absolute atomic E-state index is 0.494. The van der Waals surface area contributed by atoms with Crippen molar-refractivity contribution in [1.29, 1.82) is 0 Å². The van der Waals surface area contributed by atoms with Gasteiger partial charge in [-0.25, -0.2) is 14.8 Å². The Morgan fingerprint density at radius 1 is 1.30 bits per heavy atom. The highest BCUT2D eigenvalue weighted by molar-refractivity contribution is 5.86. The van der Waals surface area contributed by atoms with Crippen molar-refractivity contribution in [3.8, 4) is 0 Å². The maximum absolute atomic E-state index is 11.4. The number of nitrogens with one attached hydrogen (secondary N) is 2. The summed E-state index contributed by atoms with van der Waals surface area (Å²) in [5.41, 5.74) is 1.96. The standard InChI is InChI=1S/C14H14N4O2/c19-14-18-12-11(8-15-9-17-12)13(20-14)16-7-6-10-4-2-1-3-5-10/h1-5,8-9,13,16H,6-7H2,(H,15,17,18,19). The van der Waals surface area contributed by atoms with Gasteiger partial charge in [0.2, 0.25) is 0 Å². The van der Waals surface area contributed by atoms with Crippen LogP contribution in [0.25, 0.3) is 0 Å². The average Bonchev–Trinajstić information content (AvgIpc) is 2.48. The third kappa shape index (κ3) is 2.75. The Morgan fingerprint density at radius 2 is 2.15 bits per heavy atom. The molecule has 1 atom stereocenters. The zero-order chi connectivity index (χ0) is 13.8. The van der Waals surface area contributed by atoms with Crippen LogP contribution in [0.1, 0.15) is 17.4 Å². The number of nitrogens with zero attached hydrogens (tertiary/aromatic N) is 2. The Bertz CT molecular complexity index is 603. The molecule has 1 aromatic carbocycles. The normalized spacial score (nSPS) is 17.0. The van der Waals surface area contributed by atoms with E-state index >= 15 is 0 Å². The molecule has 2 heterocycles. The van der Waals surface area contributed by atoms with Gasteiger partial charge in [-0.1, -0.05) is 30.3 Å². The molecule has 0 fully saturated rings. The lowest BCUT2D eigenvalue weighted by Crippen LogP contribution is -2.34. The largest absolute Gasteiger partial charge is 0.426 e. The van der Waals surface area contributed by atoms with Gasteiger partial charge in [0.15, 0.2) is 6.23 Å². The van der Waals surface area contributed by atoms with Crippen molar-refractivity contribution in [2.45, 2.75) is 12.6 Å². The topological polar surface area (TPSA) is 76.1 Å². The van der Waals surface area contributed by atoms with Crippen molar-refractivity contribution in [3.05, 3.63) is 54.0 Å². The van der Waals surface area contributed by atoms with E-state index in [4.69, 9.17) is 4.74 Å². The molecule has 0 radical (unpaired) electrons. The van der Waals surface area contributed by atoms with E-state index in [-0.39, 0.29) is 0 Å². The molecule has 0 bridgehead atoms. The highest BCUT2D eigenvalue weighted by Crippen LogP contribution is 2.25. The lowest BCUT2D eigenvalue weighted by molar-refractivity contribution is 0.0847. The molecule has 1 aromatic heterocycles. The highest BCUT2D eigenvalue weighted by atomic mass is 16.6. The predicted octanol–water partition coefficient (Wildman–Crippen LogP) is 1.87. The quantitative estimate of drug-likeness (QED) is 0.887. The second-order valence-electron chi connectivity index (χ2n) is 4.43. The molecule has 102 valence electrons. The third-order valence-electron chi connectivity index (χ3n) is 3.05. The fourth-order valence-electron chi connectivity index (χ4n) is 2.08. The number of anilines is 1. The molecule has 0 aliphatic carbocycles. The van der Waals surface area contributed by atoms with Crippen LogP contribution in [0.4, 0.5) is 10.6 Å². The first-order valence-electron chi connectivity index (χ1n) is 6.38. The highest BCUT2D eigenvalue weighted by Gasteiger charge is 2.26. The number of benzene rings is 1. The first kappa shape index (κ1) is 12.6. The Balaban J connectivity index is 1.64. The van der Waals surface area contributed by atoms with Gasteiger partial charge < -0.3 is 4.74 Å². The number of rotatable bonds is 4. The summed E-state index contributed by atoms with van der Waals surface area (Å²) in [6.45, 7) is 0.691. The van der Waals surface area contributed by atoms with Crippen molar-refractivity contribution < 1.29 is 9.53 Å². The molecule has 2 N–H and O–H groups in total. The Hall–Kier alpha value is -2.47. The van der Waals surface area contributed by atoms with Crippen molar-refractivity contribution in [2.75, 3.05) is 11.9 Å². The molecule has 0 spiro atoms. The third-order valence-corrected chi connectivity index (χ3v) is 3.05. The number of amides is 1. The van der Waals surface area contributed by atoms with Crippen LogP contribution in [0.5, 0.6) is 0 Å². The zero-order valence-electron chi connectivity index (χ0n) is 10.7. The van der Waals surface area contributed by atoms with E-state index in [2.05, 4.69) is 32.7 Å². The minimum atomic E-state index is -0.510. The maximum Gasteiger partial charge on any atom is 0.414 e. The molecular formula is C14H14N4O2. The van der Waals surface area contributed by atoms with Gasteiger partial charge >= 0.3 is 6.09 Å². The molecule has 1 aliphatic rings. The number of carbonyl (C=O) groups is 1. The van der Waals surface area contributed by atoms with Crippen molar-refractivity contribution >= 4 is 11.9 Å². The zero-order valence-corrected chi connectivity index (χ0v) is 10.7. The van der Waals surface area contributed by atoms with E-state index < -0.39 is 12.3 Å². The Kier molecular flexibility index (Phi) is 3.56. The van der Waals surface area contributed by atoms with Gasteiger partial charge in [-0.15, -0.1) is 0 Å². The molecule has 3 rings (SSSR count). The lowest BCUT2D eigenvalue weighted by atomic mass is 10.1. The molecule has 1 aliphatic heterocycles. The number of cyclic esters (lactones) is 1. The summed E-state index contributed by atoms with van der Waals surface area (Å²) in [7, 11) is 0.